The van der Waals surface area contributed by atoms with E-state index < -0.39 is 0 Å². The molecular formula is C11H9BrClN3. The van der Waals surface area contributed by atoms with Crippen molar-refractivity contribution in [3.63, 3.8) is 0 Å². The summed E-state index contributed by atoms with van der Waals surface area (Å²) in [5, 5.41) is 0.408. The van der Waals surface area contributed by atoms with E-state index in [9.17, 15) is 0 Å². The molecule has 5 heteroatoms. The van der Waals surface area contributed by atoms with E-state index in [4.69, 9.17) is 11.6 Å². The summed E-state index contributed by atoms with van der Waals surface area (Å²) >= 11 is 9.31. The SMILES string of the molecule is Cc1ccnc(-c2nc(C)c(Br)c(Cl)n2)c1. The van der Waals surface area contributed by atoms with Crippen molar-refractivity contribution in [3.05, 3.63) is 39.2 Å². The number of nitrogens with zero attached hydrogens (tertiary/aromatic N) is 3. The van der Waals surface area contributed by atoms with Gasteiger partial charge in [-0.25, -0.2) is 9.97 Å². The van der Waals surface area contributed by atoms with Gasteiger partial charge in [0.05, 0.1) is 10.2 Å². The summed E-state index contributed by atoms with van der Waals surface area (Å²) in [5.74, 6) is 0.550. The van der Waals surface area contributed by atoms with E-state index in [0.29, 0.717) is 11.0 Å². The highest BCUT2D eigenvalue weighted by molar-refractivity contribution is 9.10. The third kappa shape index (κ3) is 2.23. The van der Waals surface area contributed by atoms with Crippen LogP contribution in [0.3, 0.4) is 0 Å². The number of pyridine rings is 1. The first-order valence-corrected chi connectivity index (χ1v) is 5.87. The molecule has 3 nitrogen and oxygen atoms in total. The monoisotopic (exact) mass is 297 g/mol. The standard InChI is InChI=1S/C11H9BrClN3/c1-6-3-4-14-8(5-6)11-15-7(2)9(12)10(13)16-11/h3-5H,1-2H3. The molecule has 0 unspecified atom stereocenters. The number of aryl methyl sites for hydroxylation is 2. The second-order valence-electron chi connectivity index (χ2n) is 3.46. The zero-order valence-corrected chi connectivity index (χ0v) is 11.2. The Morgan fingerprint density at radius 1 is 1.25 bits per heavy atom. The van der Waals surface area contributed by atoms with Crippen LogP contribution in [-0.2, 0) is 0 Å². The van der Waals surface area contributed by atoms with E-state index in [-0.39, 0.29) is 0 Å². The van der Waals surface area contributed by atoms with Gasteiger partial charge in [-0.05, 0) is 47.5 Å². The zero-order valence-electron chi connectivity index (χ0n) is 8.83. The van der Waals surface area contributed by atoms with Crippen LogP contribution < -0.4 is 0 Å². The Bertz CT molecular complexity index is 519. The van der Waals surface area contributed by atoms with Crippen molar-refractivity contribution in [2.45, 2.75) is 13.8 Å². The fourth-order valence-corrected chi connectivity index (χ4v) is 1.69. The molecule has 2 aromatic heterocycles. The van der Waals surface area contributed by atoms with Crippen molar-refractivity contribution < 1.29 is 0 Å². The third-order valence-corrected chi connectivity index (χ3v) is 3.57. The number of hydrogen-bond acceptors (Lipinski definition) is 3. The van der Waals surface area contributed by atoms with E-state index in [2.05, 4.69) is 30.9 Å². The molecule has 0 radical (unpaired) electrons. The Balaban J connectivity index is 2.57. The Hall–Kier alpha value is -1.00. The number of rotatable bonds is 1. The molecule has 0 aromatic carbocycles. The van der Waals surface area contributed by atoms with Crippen LogP contribution in [-0.4, -0.2) is 15.0 Å². The lowest BCUT2D eigenvalue weighted by Gasteiger charge is -2.04. The molecule has 0 saturated heterocycles. The molecule has 0 aliphatic carbocycles. The normalized spacial score (nSPS) is 10.5. The summed E-state index contributed by atoms with van der Waals surface area (Å²) in [5.41, 5.74) is 2.65. The van der Waals surface area contributed by atoms with Crippen LogP contribution in [0.1, 0.15) is 11.3 Å². The van der Waals surface area contributed by atoms with Crippen molar-refractivity contribution in [1.29, 1.82) is 0 Å². The van der Waals surface area contributed by atoms with Crippen LogP contribution in [0, 0.1) is 13.8 Å². The van der Waals surface area contributed by atoms with Crippen molar-refractivity contribution in [1.82, 2.24) is 15.0 Å². The molecule has 0 amide bonds. The molecular weight excluding hydrogens is 289 g/mol. The molecule has 0 aliphatic heterocycles. The lowest BCUT2D eigenvalue weighted by molar-refractivity contribution is 1.07. The van der Waals surface area contributed by atoms with Crippen molar-refractivity contribution in [3.8, 4) is 11.5 Å². The fourth-order valence-electron chi connectivity index (χ4n) is 1.30. The molecule has 0 atom stereocenters. The van der Waals surface area contributed by atoms with Crippen LogP contribution >= 0.6 is 27.5 Å². The Kier molecular flexibility index (Phi) is 3.21. The zero-order chi connectivity index (χ0) is 11.7. The minimum atomic E-state index is 0.408. The molecule has 82 valence electrons. The lowest BCUT2D eigenvalue weighted by atomic mass is 10.2. The second-order valence-corrected chi connectivity index (χ2v) is 4.61. The van der Waals surface area contributed by atoms with Gasteiger partial charge in [0.1, 0.15) is 10.8 Å². The maximum atomic E-state index is 5.98. The van der Waals surface area contributed by atoms with Gasteiger partial charge in [0, 0.05) is 6.20 Å². The summed E-state index contributed by atoms with van der Waals surface area (Å²) in [6.07, 6.45) is 1.74. The Morgan fingerprint density at radius 3 is 2.62 bits per heavy atom. The van der Waals surface area contributed by atoms with Gasteiger partial charge >= 0.3 is 0 Å². The van der Waals surface area contributed by atoms with Gasteiger partial charge in [-0.15, -0.1) is 0 Å². The van der Waals surface area contributed by atoms with Crippen LogP contribution in [0.4, 0.5) is 0 Å². The maximum absolute atomic E-state index is 5.98. The molecule has 2 rings (SSSR count). The third-order valence-electron chi connectivity index (χ3n) is 2.12. The topological polar surface area (TPSA) is 38.7 Å². The molecule has 2 aromatic rings. The predicted molar refractivity (Wildman–Crippen MR) is 67.4 cm³/mol. The maximum Gasteiger partial charge on any atom is 0.179 e. The smallest absolute Gasteiger partial charge is 0.179 e. The first kappa shape index (κ1) is 11.5. The van der Waals surface area contributed by atoms with E-state index in [1.807, 2.05) is 26.0 Å². The number of aromatic nitrogens is 3. The summed E-state index contributed by atoms with van der Waals surface area (Å²) in [6, 6.07) is 3.86. The highest BCUT2D eigenvalue weighted by atomic mass is 79.9. The minimum absolute atomic E-state index is 0.408. The number of halogens is 2. The minimum Gasteiger partial charge on any atom is -0.253 e. The summed E-state index contributed by atoms with van der Waals surface area (Å²) in [4.78, 5) is 12.8. The van der Waals surface area contributed by atoms with Gasteiger partial charge in [0.15, 0.2) is 5.82 Å². The number of hydrogen-bond donors (Lipinski definition) is 0. The largest absolute Gasteiger partial charge is 0.253 e. The molecule has 0 N–H and O–H groups in total. The van der Waals surface area contributed by atoms with Crippen molar-refractivity contribution >= 4 is 27.5 Å². The summed E-state index contributed by atoms with van der Waals surface area (Å²) in [7, 11) is 0. The Morgan fingerprint density at radius 2 is 2.00 bits per heavy atom. The van der Waals surface area contributed by atoms with E-state index >= 15 is 0 Å². The first-order chi connectivity index (χ1) is 7.58. The van der Waals surface area contributed by atoms with E-state index in [0.717, 1.165) is 21.4 Å². The Labute approximate surface area is 107 Å². The summed E-state index contributed by atoms with van der Waals surface area (Å²) < 4.78 is 0.727. The highest BCUT2D eigenvalue weighted by Gasteiger charge is 2.09. The molecule has 16 heavy (non-hydrogen) atoms. The van der Waals surface area contributed by atoms with Gasteiger partial charge in [0.2, 0.25) is 0 Å². The van der Waals surface area contributed by atoms with Gasteiger partial charge < -0.3 is 0 Å². The molecule has 0 spiro atoms. The van der Waals surface area contributed by atoms with E-state index in [1.165, 1.54) is 0 Å². The quantitative estimate of drug-likeness (QED) is 0.755. The average molecular weight is 299 g/mol. The molecule has 0 aliphatic rings. The van der Waals surface area contributed by atoms with Crippen LogP contribution in [0.15, 0.2) is 22.8 Å². The predicted octanol–water partition coefficient (Wildman–Crippen LogP) is 3.57. The van der Waals surface area contributed by atoms with Crippen LogP contribution in [0.25, 0.3) is 11.5 Å². The fraction of sp³-hybridized carbons (Fsp3) is 0.182. The summed E-state index contributed by atoms with van der Waals surface area (Å²) in [6.45, 7) is 3.87. The average Bonchev–Trinajstić information content (AvgIpc) is 2.25. The second kappa shape index (κ2) is 4.47. The van der Waals surface area contributed by atoms with Gasteiger partial charge in [-0.3, -0.25) is 4.98 Å². The molecule has 2 heterocycles. The van der Waals surface area contributed by atoms with E-state index in [1.54, 1.807) is 6.20 Å². The van der Waals surface area contributed by atoms with Crippen molar-refractivity contribution in [2.24, 2.45) is 0 Å². The van der Waals surface area contributed by atoms with Crippen LogP contribution in [0.5, 0.6) is 0 Å². The van der Waals surface area contributed by atoms with Gasteiger partial charge in [-0.1, -0.05) is 11.6 Å². The lowest BCUT2D eigenvalue weighted by Crippen LogP contribution is -1.96. The highest BCUT2D eigenvalue weighted by Crippen LogP contribution is 2.25. The van der Waals surface area contributed by atoms with Crippen LogP contribution in [0.2, 0.25) is 5.15 Å². The molecule has 0 fully saturated rings. The van der Waals surface area contributed by atoms with Gasteiger partial charge in [0.25, 0.3) is 0 Å². The molecule has 0 bridgehead atoms. The molecule has 0 saturated carbocycles. The van der Waals surface area contributed by atoms with Gasteiger partial charge in [-0.2, -0.15) is 0 Å². The first-order valence-electron chi connectivity index (χ1n) is 4.70. The van der Waals surface area contributed by atoms with Crippen molar-refractivity contribution in [2.75, 3.05) is 0 Å².